The fourth-order valence-corrected chi connectivity index (χ4v) is 1.79. The molecule has 2 rings (SSSR count). The number of aryl methyl sites for hydroxylation is 1. The molecule has 0 radical (unpaired) electrons. The summed E-state index contributed by atoms with van der Waals surface area (Å²) in [6.07, 6.45) is 3.13. The first-order valence-corrected chi connectivity index (χ1v) is 6.43. The number of hydrogen-bond donors (Lipinski definition) is 1. The zero-order valence-electron chi connectivity index (χ0n) is 10.9. The lowest BCUT2D eigenvalue weighted by molar-refractivity contribution is -0.111. The maximum absolute atomic E-state index is 13.0. The molecule has 0 aromatic heterocycles. The molecule has 0 heterocycles. The van der Waals surface area contributed by atoms with Crippen LogP contribution in [0.3, 0.4) is 0 Å². The third-order valence-electron chi connectivity index (χ3n) is 2.69. The maximum atomic E-state index is 13.0. The summed E-state index contributed by atoms with van der Waals surface area (Å²) in [6, 6.07) is 11.8. The number of hydrogen-bond acceptors (Lipinski definition) is 1. The lowest BCUT2D eigenvalue weighted by Crippen LogP contribution is -2.07. The summed E-state index contributed by atoms with van der Waals surface area (Å²) in [4.78, 5) is 11.7. The summed E-state index contributed by atoms with van der Waals surface area (Å²) in [5, 5.41) is 2.59. The van der Waals surface area contributed by atoms with Crippen molar-refractivity contribution in [2.45, 2.75) is 6.92 Å². The molecule has 0 aliphatic rings. The van der Waals surface area contributed by atoms with Crippen LogP contribution in [0.4, 0.5) is 10.1 Å². The monoisotopic (exact) mass is 289 g/mol. The Bertz CT molecular complexity index is 650. The normalized spacial score (nSPS) is 10.8. The molecule has 0 fully saturated rings. The molecule has 0 aliphatic carbocycles. The minimum Gasteiger partial charge on any atom is -0.322 e. The van der Waals surface area contributed by atoms with Gasteiger partial charge in [0.25, 0.3) is 0 Å². The molecule has 2 aromatic rings. The molecule has 2 nitrogen and oxygen atoms in total. The van der Waals surface area contributed by atoms with E-state index in [9.17, 15) is 9.18 Å². The minimum absolute atomic E-state index is 0.0229. The average molecular weight is 290 g/mol. The van der Waals surface area contributed by atoms with E-state index >= 15 is 0 Å². The Morgan fingerprint density at radius 2 is 1.90 bits per heavy atom. The highest BCUT2D eigenvalue weighted by atomic mass is 35.5. The number of carbonyl (C=O) groups is 1. The second-order valence-electron chi connectivity index (χ2n) is 4.36. The molecule has 102 valence electrons. The van der Waals surface area contributed by atoms with Gasteiger partial charge in [-0.15, -0.1) is 0 Å². The van der Waals surface area contributed by atoms with Crippen molar-refractivity contribution in [1.82, 2.24) is 0 Å². The molecule has 0 saturated carbocycles. The highest BCUT2D eigenvalue weighted by Crippen LogP contribution is 2.19. The first-order chi connectivity index (χ1) is 9.54. The quantitative estimate of drug-likeness (QED) is 0.832. The summed E-state index contributed by atoms with van der Waals surface area (Å²) in [5.74, 6) is -0.812. The number of benzene rings is 2. The first kappa shape index (κ1) is 14.3. The molecule has 0 atom stereocenters. The first-order valence-electron chi connectivity index (χ1n) is 6.05. The van der Waals surface area contributed by atoms with Gasteiger partial charge in [0.2, 0.25) is 5.91 Å². The fraction of sp³-hybridized carbons (Fsp3) is 0.0625. The topological polar surface area (TPSA) is 29.1 Å². The Balaban J connectivity index is 2.01. The van der Waals surface area contributed by atoms with E-state index < -0.39 is 5.82 Å². The molecule has 4 heteroatoms. The Morgan fingerprint density at radius 1 is 1.20 bits per heavy atom. The smallest absolute Gasteiger partial charge is 0.248 e. The zero-order valence-corrected chi connectivity index (χ0v) is 11.6. The van der Waals surface area contributed by atoms with Crippen LogP contribution in [0.15, 0.2) is 48.5 Å². The molecule has 0 spiro atoms. The molecule has 20 heavy (non-hydrogen) atoms. The predicted octanol–water partition coefficient (Wildman–Crippen LogP) is 4.44. The fourth-order valence-electron chi connectivity index (χ4n) is 1.61. The van der Waals surface area contributed by atoms with Gasteiger partial charge >= 0.3 is 0 Å². The Kier molecular flexibility index (Phi) is 4.53. The van der Waals surface area contributed by atoms with Gasteiger partial charge in [-0.1, -0.05) is 41.4 Å². The third kappa shape index (κ3) is 3.93. The SMILES string of the molecule is Cc1ccc(/C=C/C(=O)Nc2ccc(F)c(Cl)c2)cc1. The van der Waals surface area contributed by atoms with Gasteiger partial charge < -0.3 is 5.32 Å². The summed E-state index contributed by atoms with van der Waals surface area (Å²) in [5.41, 5.74) is 2.55. The van der Waals surface area contributed by atoms with E-state index in [0.29, 0.717) is 5.69 Å². The van der Waals surface area contributed by atoms with Gasteiger partial charge in [-0.2, -0.15) is 0 Å². The van der Waals surface area contributed by atoms with Crippen molar-refractivity contribution in [3.8, 4) is 0 Å². The molecule has 1 N–H and O–H groups in total. The van der Waals surface area contributed by atoms with Crippen LogP contribution in [0.5, 0.6) is 0 Å². The van der Waals surface area contributed by atoms with Crippen LogP contribution in [0, 0.1) is 12.7 Å². The summed E-state index contributed by atoms with van der Waals surface area (Å²) >= 11 is 5.64. The molecule has 1 amide bonds. The third-order valence-corrected chi connectivity index (χ3v) is 2.98. The van der Waals surface area contributed by atoms with Crippen LogP contribution in [-0.2, 0) is 4.79 Å². The van der Waals surface area contributed by atoms with Crippen molar-refractivity contribution in [1.29, 1.82) is 0 Å². The van der Waals surface area contributed by atoms with Crippen LogP contribution < -0.4 is 5.32 Å². The van der Waals surface area contributed by atoms with Crippen molar-refractivity contribution in [2.75, 3.05) is 5.32 Å². The standard InChI is InChI=1S/C16H13ClFNO/c1-11-2-4-12(5-3-11)6-9-16(20)19-13-7-8-15(18)14(17)10-13/h2-10H,1H3,(H,19,20)/b9-6+. The van der Waals surface area contributed by atoms with Gasteiger partial charge in [0.05, 0.1) is 5.02 Å². The number of halogens is 2. The van der Waals surface area contributed by atoms with Crippen LogP contribution in [0.1, 0.15) is 11.1 Å². The zero-order chi connectivity index (χ0) is 14.5. The minimum atomic E-state index is -0.514. The molecule has 2 aromatic carbocycles. The number of rotatable bonds is 3. The Morgan fingerprint density at radius 3 is 2.55 bits per heavy atom. The molecule has 0 saturated heterocycles. The van der Waals surface area contributed by atoms with E-state index in [4.69, 9.17) is 11.6 Å². The number of nitrogens with one attached hydrogen (secondary N) is 1. The van der Waals surface area contributed by atoms with Gasteiger partial charge in [-0.05, 0) is 36.8 Å². The summed E-state index contributed by atoms with van der Waals surface area (Å²) in [7, 11) is 0. The lowest BCUT2D eigenvalue weighted by Gasteiger charge is -2.03. The summed E-state index contributed by atoms with van der Waals surface area (Å²) < 4.78 is 13.0. The van der Waals surface area contributed by atoms with Crippen molar-refractivity contribution >= 4 is 29.3 Å². The second-order valence-corrected chi connectivity index (χ2v) is 4.77. The van der Waals surface area contributed by atoms with E-state index in [2.05, 4.69) is 5.32 Å². The van der Waals surface area contributed by atoms with Crippen molar-refractivity contribution in [2.24, 2.45) is 0 Å². The van der Waals surface area contributed by atoms with Crippen LogP contribution in [0.2, 0.25) is 5.02 Å². The number of amides is 1. The van der Waals surface area contributed by atoms with Gasteiger partial charge in [0.1, 0.15) is 5.82 Å². The number of anilines is 1. The second kappa shape index (κ2) is 6.35. The average Bonchev–Trinajstić information content (AvgIpc) is 2.42. The molecule has 0 aliphatic heterocycles. The molecule has 0 bridgehead atoms. The molecular weight excluding hydrogens is 277 g/mol. The van der Waals surface area contributed by atoms with E-state index in [1.54, 1.807) is 6.08 Å². The van der Waals surface area contributed by atoms with Crippen LogP contribution >= 0.6 is 11.6 Å². The highest BCUT2D eigenvalue weighted by Gasteiger charge is 2.02. The number of carbonyl (C=O) groups excluding carboxylic acids is 1. The molecular formula is C16H13ClFNO. The van der Waals surface area contributed by atoms with Gasteiger partial charge in [-0.25, -0.2) is 4.39 Å². The lowest BCUT2D eigenvalue weighted by atomic mass is 10.1. The van der Waals surface area contributed by atoms with E-state index in [1.807, 2.05) is 31.2 Å². The highest BCUT2D eigenvalue weighted by molar-refractivity contribution is 6.31. The van der Waals surface area contributed by atoms with Gasteiger partial charge in [0.15, 0.2) is 0 Å². The van der Waals surface area contributed by atoms with E-state index in [0.717, 1.165) is 11.1 Å². The summed E-state index contributed by atoms with van der Waals surface area (Å²) in [6.45, 7) is 2.00. The molecule has 0 unspecified atom stereocenters. The Labute approximate surface area is 121 Å². The van der Waals surface area contributed by atoms with Crippen molar-refractivity contribution < 1.29 is 9.18 Å². The van der Waals surface area contributed by atoms with Crippen molar-refractivity contribution in [3.63, 3.8) is 0 Å². The van der Waals surface area contributed by atoms with Gasteiger partial charge in [-0.3, -0.25) is 4.79 Å². The van der Waals surface area contributed by atoms with Gasteiger partial charge in [0, 0.05) is 11.8 Å². The van der Waals surface area contributed by atoms with Crippen molar-refractivity contribution in [3.05, 3.63) is 70.5 Å². The van der Waals surface area contributed by atoms with E-state index in [1.165, 1.54) is 24.3 Å². The Hall–Kier alpha value is -2.13. The largest absolute Gasteiger partial charge is 0.322 e. The maximum Gasteiger partial charge on any atom is 0.248 e. The predicted molar refractivity (Wildman–Crippen MR) is 80.3 cm³/mol. The van der Waals surface area contributed by atoms with Crippen LogP contribution in [0.25, 0.3) is 6.08 Å². The van der Waals surface area contributed by atoms with Crippen LogP contribution in [-0.4, -0.2) is 5.91 Å². The van der Waals surface area contributed by atoms with E-state index in [-0.39, 0.29) is 10.9 Å².